The molecule has 0 N–H and O–H groups in total. The molecular formula is C16H27N3. The first-order chi connectivity index (χ1) is 9.29. The van der Waals surface area contributed by atoms with Crippen LogP contribution in [0.15, 0.2) is 30.3 Å². The summed E-state index contributed by atoms with van der Waals surface area (Å²) in [5.41, 5.74) is 1.35. The molecule has 1 heterocycles. The van der Waals surface area contributed by atoms with Crippen molar-refractivity contribution in [2.24, 2.45) is 0 Å². The zero-order chi connectivity index (χ0) is 13.5. The number of rotatable bonds is 6. The second-order valence-electron chi connectivity index (χ2n) is 5.41. The summed E-state index contributed by atoms with van der Waals surface area (Å²) >= 11 is 0. The van der Waals surface area contributed by atoms with Gasteiger partial charge in [-0.15, -0.1) is 0 Å². The summed E-state index contributed by atoms with van der Waals surface area (Å²) in [5, 5.41) is 0. The van der Waals surface area contributed by atoms with Crippen LogP contribution in [0.2, 0.25) is 0 Å². The van der Waals surface area contributed by atoms with Crippen molar-refractivity contribution in [1.29, 1.82) is 0 Å². The van der Waals surface area contributed by atoms with Crippen LogP contribution < -0.4 is 4.90 Å². The molecule has 0 saturated carbocycles. The largest absolute Gasteiger partial charge is 0.372 e. The van der Waals surface area contributed by atoms with Crippen molar-refractivity contribution < 1.29 is 0 Å². The average molecular weight is 261 g/mol. The maximum absolute atomic E-state index is 2.60. The number of likely N-dealkylation sites (N-methyl/N-ethyl adjacent to an activating group) is 1. The van der Waals surface area contributed by atoms with E-state index in [1.807, 2.05) is 0 Å². The maximum atomic E-state index is 2.60. The SMILES string of the molecule is CCN(CCCN1CCN(C)CC1)c1ccccc1. The highest BCUT2D eigenvalue weighted by Gasteiger charge is 2.13. The minimum atomic E-state index is 1.09. The lowest BCUT2D eigenvalue weighted by molar-refractivity contribution is 0.153. The first kappa shape index (κ1) is 14.4. The highest BCUT2D eigenvalue weighted by atomic mass is 15.2. The normalized spacial score (nSPS) is 17.6. The number of hydrogen-bond acceptors (Lipinski definition) is 3. The van der Waals surface area contributed by atoms with E-state index < -0.39 is 0 Å². The lowest BCUT2D eigenvalue weighted by Crippen LogP contribution is -2.45. The van der Waals surface area contributed by atoms with Crippen LogP contribution in [-0.4, -0.2) is 62.7 Å². The Morgan fingerprint density at radius 3 is 2.37 bits per heavy atom. The highest BCUT2D eigenvalue weighted by molar-refractivity contribution is 5.45. The van der Waals surface area contributed by atoms with Gasteiger partial charge in [0.1, 0.15) is 0 Å². The maximum Gasteiger partial charge on any atom is 0.0366 e. The van der Waals surface area contributed by atoms with Crippen LogP contribution in [0.5, 0.6) is 0 Å². The third kappa shape index (κ3) is 4.51. The molecule has 0 bridgehead atoms. The third-order valence-corrected chi connectivity index (χ3v) is 4.00. The predicted molar refractivity (Wildman–Crippen MR) is 82.9 cm³/mol. The summed E-state index contributed by atoms with van der Waals surface area (Å²) in [4.78, 5) is 7.48. The number of piperazine rings is 1. The lowest BCUT2D eigenvalue weighted by Gasteiger charge is -2.33. The number of nitrogens with zero attached hydrogens (tertiary/aromatic N) is 3. The van der Waals surface area contributed by atoms with Gasteiger partial charge in [0.15, 0.2) is 0 Å². The summed E-state index contributed by atoms with van der Waals surface area (Å²) in [6, 6.07) is 10.7. The summed E-state index contributed by atoms with van der Waals surface area (Å²) < 4.78 is 0. The fourth-order valence-electron chi connectivity index (χ4n) is 2.67. The van der Waals surface area contributed by atoms with Gasteiger partial charge >= 0.3 is 0 Å². The Labute approximate surface area is 117 Å². The molecule has 0 aromatic heterocycles. The zero-order valence-electron chi connectivity index (χ0n) is 12.4. The van der Waals surface area contributed by atoms with E-state index in [1.54, 1.807) is 0 Å². The van der Waals surface area contributed by atoms with Crippen molar-refractivity contribution in [1.82, 2.24) is 9.80 Å². The molecule has 0 aliphatic carbocycles. The van der Waals surface area contributed by atoms with Crippen molar-refractivity contribution in [3.8, 4) is 0 Å². The van der Waals surface area contributed by atoms with Gasteiger partial charge in [-0.1, -0.05) is 18.2 Å². The molecule has 106 valence electrons. The highest BCUT2D eigenvalue weighted by Crippen LogP contribution is 2.13. The van der Waals surface area contributed by atoms with Gasteiger partial charge in [-0.05, 0) is 39.1 Å². The van der Waals surface area contributed by atoms with Gasteiger partial charge in [-0.25, -0.2) is 0 Å². The summed E-state index contributed by atoms with van der Waals surface area (Å²) in [5.74, 6) is 0. The Kier molecular flexibility index (Phi) is 5.67. The van der Waals surface area contributed by atoms with Crippen molar-refractivity contribution >= 4 is 5.69 Å². The minimum absolute atomic E-state index is 1.09. The summed E-state index contributed by atoms with van der Waals surface area (Å²) in [6.07, 6.45) is 1.26. The van der Waals surface area contributed by atoms with Crippen LogP contribution in [0.3, 0.4) is 0 Å². The van der Waals surface area contributed by atoms with E-state index in [9.17, 15) is 0 Å². The van der Waals surface area contributed by atoms with E-state index in [1.165, 1.54) is 44.8 Å². The number of hydrogen-bond donors (Lipinski definition) is 0. The van der Waals surface area contributed by atoms with Crippen LogP contribution in [0, 0.1) is 0 Å². The molecule has 1 aliphatic rings. The second-order valence-corrected chi connectivity index (χ2v) is 5.41. The van der Waals surface area contributed by atoms with Gasteiger partial charge in [0.05, 0.1) is 0 Å². The van der Waals surface area contributed by atoms with E-state index in [4.69, 9.17) is 0 Å². The lowest BCUT2D eigenvalue weighted by atomic mass is 10.2. The van der Waals surface area contributed by atoms with E-state index in [-0.39, 0.29) is 0 Å². The van der Waals surface area contributed by atoms with Crippen molar-refractivity contribution in [2.75, 3.05) is 57.8 Å². The molecule has 3 heteroatoms. The van der Waals surface area contributed by atoms with Crippen LogP contribution in [0.4, 0.5) is 5.69 Å². The molecule has 0 atom stereocenters. The molecule has 0 radical (unpaired) electrons. The molecule has 1 aliphatic heterocycles. The molecule has 2 rings (SSSR count). The number of para-hydroxylation sites is 1. The summed E-state index contributed by atoms with van der Waals surface area (Å²) in [6.45, 7) is 10.6. The topological polar surface area (TPSA) is 9.72 Å². The Bertz CT molecular complexity index is 344. The molecule has 0 spiro atoms. The van der Waals surface area contributed by atoms with Gasteiger partial charge < -0.3 is 14.7 Å². The third-order valence-electron chi connectivity index (χ3n) is 4.00. The first-order valence-electron chi connectivity index (χ1n) is 7.50. The molecule has 1 aromatic carbocycles. The van der Waals surface area contributed by atoms with Crippen LogP contribution in [0.25, 0.3) is 0 Å². The molecule has 1 fully saturated rings. The Morgan fingerprint density at radius 1 is 1.05 bits per heavy atom. The molecule has 0 amide bonds. The van der Waals surface area contributed by atoms with E-state index in [2.05, 4.69) is 59.0 Å². The number of anilines is 1. The predicted octanol–water partition coefficient (Wildman–Crippen LogP) is 2.15. The average Bonchev–Trinajstić information content (AvgIpc) is 2.46. The molecular weight excluding hydrogens is 234 g/mol. The van der Waals surface area contributed by atoms with Crippen molar-refractivity contribution in [2.45, 2.75) is 13.3 Å². The van der Waals surface area contributed by atoms with Crippen LogP contribution in [0.1, 0.15) is 13.3 Å². The van der Waals surface area contributed by atoms with E-state index in [0.717, 1.165) is 13.1 Å². The Balaban J connectivity index is 1.72. The Morgan fingerprint density at radius 2 is 1.74 bits per heavy atom. The van der Waals surface area contributed by atoms with E-state index in [0.29, 0.717) is 0 Å². The standard InChI is InChI=1S/C16H27N3/c1-3-19(16-8-5-4-6-9-16)11-7-10-18-14-12-17(2)13-15-18/h4-6,8-9H,3,7,10-15H2,1-2H3. The smallest absolute Gasteiger partial charge is 0.0366 e. The second kappa shape index (κ2) is 7.51. The molecule has 1 saturated heterocycles. The Hall–Kier alpha value is -1.06. The minimum Gasteiger partial charge on any atom is -0.372 e. The van der Waals surface area contributed by atoms with Gasteiger partial charge in [0.2, 0.25) is 0 Å². The van der Waals surface area contributed by atoms with Crippen molar-refractivity contribution in [3.05, 3.63) is 30.3 Å². The van der Waals surface area contributed by atoms with Crippen molar-refractivity contribution in [3.63, 3.8) is 0 Å². The monoisotopic (exact) mass is 261 g/mol. The van der Waals surface area contributed by atoms with Gasteiger partial charge in [0, 0.05) is 45.0 Å². The quantitative estimate of drug-likeness (QED) is 0.777. The van der Waals surface area contributed by atoms with Gasteiger partial charge in [-0.3, -0.25) is 0 Å². The fourth-order valence-corrected chi connectivity index (χ4v) is 2.67. The van der Waals surface area contributed by atoms with E-state index >= 15 is 0 Å². The summed E-state index contributed by atoms with van der Waals surface area (Å²) in [7, 11) is 2.21. The van der Waals surface area contributed by atoms with Gasteiger partial charge in [0.25, 0.3) is 0 Å². The first-order valence-corrected chi connectivity index (χ1v) is 7.50. The fraction of sp³-hybridized carbons (Fsp3) is 0.625. The van der Waals surface area contributed by atoms with Crippen LogP contribution in [-0.2, 0) is 0 Å². The molecule has 19 heavy (non-hydrogen) atoms. The number of benzene rings is 1. The molecule has 0 unspecified atom stereocenters. The molecule has 3 nitrogen and oxygen atoms in total. The molecule has 1 aromatic rings. The van der Waals surface area contributed by atoms with Gasteiger partial charge in [-0.2, -0.15) is 0 Å². The van der Waals surface area contributed by atoms with Crippen LogP contribution >= 0.6 is 0 Å². The zero-order valence-corrected chi connectivity index (χ0v) is 12.4.